The lowest BCUT2D eigenvalue weighted by Crippen LogP contribution is -2.62. The number of ketones is 1. The Morgan fingerprint density at radius 2 is 2.12 bits per heavy atom. The van der Waals surface area contributed by atoms with Gasteiger partial charge in [0.2, 0.25) is 0 Å². The second-order valence-electron chi connectivity index (χ2n) is 8.47. The number of carbonyl (C=O) groups is 1. The van der Waals surface area contributed by atoms with Crippen LogP contribution in [0.4, 0.5) is 0 Å². The molecule has 136 valence electrons. The molecule has 2 bridgehead atoms. The molecule has 3 atom stereocenters. The summed E-state index contributed by atoms with van der Waals surface area (Å²) in [6.07, 6.45) is 7.69. The molecule has 1 heterocycles. The summed E-state index contributed by atoms with van der Waals surface area (Å²) in [7, 11) is 1.78. The minimum atomic E-state index is 0. The zero-order chi connectivity index (χ0) is 16.3. The van der Waals surface area contributed by atoms with Crippen LogP contribution in [0.1, 0.15) is 49.7 Å². The molecule has 4 aliphatic rings. The Balaban J connectivity index is 0.00000157. The maximum atomic E-state index is 12.4. The standard InChI is InChI=1S/C21H27NO2.ClH/c1-24-19-4-2-3-15-11-18-17-8-7-16(23)12-21(17,20(15)19)9-10-22(18)13-14-5-6-14;/h2-4,14,17-18H,5-13H2,1H3;1H/t17-,18+,21-;/m0./s1. The molecule has 3 aliphatic carbocycles. The molecule has 4 heteroatoms. The normalized spacial score (nSPS) is 33.9. The molecule has 0 N–H and O–H groups in total. The van der Waals surface area contributed by atoms with E-state index < -0.39 is 0 Å². The highest BCUT2D eigenvalue weighted by Crippen LogP contribution is 2.57. The van der Waals surface area contributed by atoms with Crippen LogP contribution >= 0.6 is 12.4 Å². The summed E-state index contributed by atoms with van der Waals surface area (Å²) in [6.45, 7) is 2.44. The first-order valence-electron chi connectivity index (χ1n) is 9.63. The fourth-order valence-corrected chi connectivity index (χ4v) is 6.00. The van der Waals surface area contributed by atoms with Gasteiger partial charge in [0.15, 0.2) is 0 Å². The van der Waals surface area contributed by atoms with E-state index in [4.69, 9.17) is 4.74 Å². The number of likely N-dealkylation sites (tertiary alicyclic amines) is 1. The third-order valence-electron chi connectivity index (χ3n) is 7.18. The lowest BCUT2D eigenvalue weighted by molar-refractivity contribution is -0.127. The SMILES string of the molecule is COc1cccc2c1[C@]13CCN(CC4CC4)[C@H](C2)[C@@H]1CCC(=O)C3.Cl. The van der Waals surface area contributed by atoms with Crippen molar-refractivity contribution in [2.45, 2.75) is 56.4 Å². The zero-order valence-electron chi connectivity index (χ0n) is 15.0. The Morgan fingerprint density at radius 1 is 1.28 bits per heavy atom. The van der Waals surface area contributed by atoms with Crippen molar-refractivity contribution in [1.82, 2.24) is 4.90 Å². The second kappa shape index (κ2) is 6.28. The molecule has 0 aromatic heterocycles. The predicted octanol–water partition coefficient (Wildman–Crippen LogP) is 3.76. The molecule has 1 aromatic rings. The van der Waals surface area contributed by atoms with Crippen molar-refractivity contribution in [2.24, 2.45) is 11.8 Å². The Bertz CT molecular complexity index is 686. The molecule has 0 unspecified atom stereocenters. The van der Waals surface area contributed by atoms with Gasteiger partial charge < -0.3 is 4.74 Å². The van der Waals surface area contributed by atoms with Crippen molar-refractivity contribution in [3.8, 4) is 5.75 Å². The Kier molecular flexibility index (Phi) is 4.36. The number of benzene rings is 1. The summed E-state index contributed by atoms with van der Waals surface area (Å²) in [5.41, 5.74) is 2.86. The van der Waals surface area contributed by atoms with Crippen LogP contribution in [-0.2, 0) is 16.6 Å². The number of ether oxygens (including phenoxy) is 1. The summed E-state index contributed by atoms with van der Waals surface area (Å²) < 4.78 is 5.76. The van der Waals surface area contributed by atoms with Crippen molar-refractivity contribution in [2.75, 3.05) is 20.2 Å². The number of fused-ring (bicyclic) bond motifs is 1. The fraction of sp³-hybridized carbons (Fsp3) is 0.667. The molecule has 1 aromatic carbocycles. The lowest BCUT2D eigenvalue weighted by Gasteiger charge is -2.58. The summed E-state index contributed by atoms with van der Waals surface area (Å²) in [5, 5.41) is 0. The summed E-state index contributed by atoms with van der Waals surface area (Å²) in [4.78, 5) is 15.2. The third kappa shape index (κ3) is 2.62. The molecule has 5 rings (SSSR count). The van der Waals surface area contributed by atoms with Gasteiger partial charge in [0.25, 0.3) is 0 Å². The number of hydrogen-bond donors (Lipinski definition) is 0. The van der Waals surface area contributed by atoms with E-state index in [9.17, 15) is 4.79 Å². The van der Waals surface area contributed by atoms with Gasteiger partial charge in [0.1, 0.15) is 11.5 Å². The van der Waals surface area contributed by atoms with Gasteiger partial charge in [0.05, 0.1) is 7.11 Å². The topological polar surface area (TPSA) is 29.5 Å². The number of hydrogen-bond acceptors (Lipinski definition) is 3. The number of Topliss-reactive ketones (excluding diaryl/α,β-unsaturated/α-hetero) is 1. The minimum absolute atomic E-state index is 0. The predicted molar refractivity (Wildman–Crippen MR) is 101 cm³/mol. The minimum Gasteiger partial charge on any atom is -0.496 e. The van der Waals surface area contributed by atoms with Crippen LogP contribution in [0.2, 0.25) is 0 Å². The van der Waals surface area contributed by atoms with E-state index in [-0.39, 0.29) is 17.8 Å². The number of carbonyl (C=O) groups excluding carboxylic acids is 1. The van der Waals surface area contributed by atoms with E-state index in [1.54, 1.807) is 7.11 Å². The summed E-state index contributed by atoms with van der Waals surface area (Å²) in [5.74, 6) is 3.04. The van der Waals surface area contributed by atoms with E-state index in [0.29, 0.717) is 17.7 Å². The quantitative estimate of drug-likeness (QED) is 0.820. The number of nitrogens with zero attached hydrogens (tertiary/aromatic N) is 1. The van der Waals surface area contributed by atoms with Crippen LogP contribution in [0.3, 0.4) is 0 Å². The average molecular weight is 362 g/mol. The van der Waals surface area contributed by atoms with Crippen LogP contribution in [-0.4, -0.2) is 36.9 Å². The van der Waals surface area contributed by atoms with Crippen LogP contribution in [0.15, 0.2) is 18.2 Å². The largest absolute Gasteiger partial charge is 0.496 e. The number of rotatable bonds is 3. The maximum Gasteiger partial charge on any atom is 0.133 e. The van der Waals surface area contributed by atoms with Gasteiger partial charge in [-0.25, -0.2) is 0 Å². The third-order valence-corrected chi connectivity index (χ3v) is 7.18. The van der Waals surface area contributed by atoms with E-state index in [2.05, 4.69) is 23.1 Å². The van der Waals surface area contributed by atoms with Crippen LogP contribution in [0.25, 0.3) is 0 Å². The van der Waals surface area contributed by atoms with Gasteiger partial charge in [0, 0.05) is 36.4 Å². The summed E-state index contributed by atoms with van der Waals surface area (Å²) >= 11 is 0. The van der Waals surface area contributed by atoms with Gasteiger partial charge in [-0.2, -0.15) is 0 Å². The summed E-state index contributed by atoms with van der Waals surface area (Å²) in [6, 6.07) is 7.13. The van der Waals surface area contributed by atoms with Crippen LogP contribution in [0, 0.1) is 11.8 Å². The Labute approximate surface area is 156 Å². The molecular formula is C21H28ClNO2. The highest BCUT2D eigenvalue weighted by Gasteiger charge is 2.56. The monoisotopic (exact) mass is 361 g/mol. The van der Waals surface area contributed by atoms with E-state index in [1.165, 1.54) is 30.5 Å². The van der Waals surface area contributed by atoms with Crippen molar-refractivity contribution in [1.29, 1.82) is 0 Å². The first-order valence-corrected chi connectivity index (χ1v) is 9.63. The van der Waals surface area contributed by atoms with E-state index in [0.717, 1.165) is 50.3 Å². The van der Waals surface area contributed by atoms with Crippen LogP contribution < -0.4 is 4.74 Å². The van der Waals surface area contributed by atoms with Crippen molar-refractivity contribution in [3.05, 3.63) is 29.3 Å². The van der Waals surface area contributed by atoms with Gasteiger partial charge in [-0.3, -0.25) is 9.69 Å². The van der Waals surface area contributed by atoms with Gasteiger partial charge in [-0.15, -0.1) is 12.4 Å². The van der Waals surface area contributed by atoms with Crippen molar-refractivity contribution in [3.63, 3.8) is 0 Å². The molecule has 1 aliphatic heterocycles. The van der Waals surface area contributed by atoms with Gasteiger partial charge >= 0.3 is 0 Å². The van der Waals surface area contributed by atoms with Crippen LogP contribution in [0.5, 0.6) is 5.75 Å². The molecule has 3 nitrogen and oxygen atoms in total. The smallest absolute Gasteiger partial charge is 0.133 e. The maximum absolute atomic E-state index is 12.4. The molecule has 0 spiro atoms. The highest BCUT2D eigenvalue weighted by molar-refractivity contribution is 5.85. The van der Waals surface area contributed by atoms with Gasteiger partial charge in [-0.05, 0) is 62.1 Å². The molecule has 0 radical (unpaired) electrons. The first kappa shape index (κ1) is 17.4. The lowest BCUT2D eigenvalue weighted by atomic mass is 9.52. The molecule has 0 amide bonds. The molecule has 25 heavy (non-hydrogen) atoms. The fourth-order valence-electron chi connectivity index (χ4n) is 6.00. The Hall–Kier alpha value is -1.06. The number of halogens is 1. The van der Waals surface area contributed by atoms with Crippen molar-refractivity contribution < 1.29 is 9.53 Å². The van der Waals surface area contributed by atoms with E-state index >= 15 is 0 Å². The number of piperidine rings is 1. The Morgan fingerprint density at radius 3 is 2.88 bits per heavy atom. The van der Waals surface area contributed by atoms with E-state index in [1.807, 2.05) is 0 Å². The zero-order valence-corrected chi connectivity index (χ0v) is 15.8. The van der Waals surface area contributed by atoms with Gasteiger partial charge in [-0.1, -0.05) is 12.1 Å². The molecule has 2 saturated carbocycles. The highest BCUT2D eigenvalue weighted by atomic mass is 35.5. The van der Waals surface area contributed by atoms with Crippen molar-refractivity contribution >= 4 is 18.2 Å². The average Bonchev–Trinajstić information content (AvgIpc) is 3.40. The molecule has 3 fully saturated rings. The molecule has 1 saturated heterocycles. The second-order valence-corrected chi connectivity index (χ2v) is 8.47. The molecular weight excluding hydrogens is 334 g/mol. The first-order chi connectivity index (χ1) is 11.7. The number of methoxy groups -OCH3 is 1.